The molecule has 4 aromatic rings. The van der Waals surface area contributed by atoms with Crippen molar-refractivity contribution in [2.75, 3.05) is 16.7 Å². The fourth-order valence-corrected chi connectivity index (χ4v) is 9.32. The molecular formula is C38H43N7O4S. The number of carbonyl (C=O) groups excluding carboxylic acids is 1. The van der Waals surface area contributed by atoms with Gasteiger partial charge in [-0.05, 0) is 87.1 Å². The van der Waals surface area contributed by atoms with Crippen molar-refractivity contribution in [2.24, 2.45) is 11.3 Å². The lowest BCUT2D eigenvalue weighted by molar-refractivity contribution is 0.0515. The lowest BCUT2D eigenvalue weighted by atomic mass is 9.76. The van der Waals surface area contributed by atoms with Crippen LogP contribution in [0.15, 0.2) is 59.6 Å². The van der Waals surface area contributed by atoms with Crippen LogP contribution in [0.1, 0.15) is 84.9 Å². The molecule has 8 rings (SSSR count). The average molecular weight is 694 g/mol. The van der Waals surface area contributed by atoms with E-state index in [-0.39, 0.29) is 40.2 Å². The van der Waals surface area contributed by atoms with Crippen molar-refractivity contribution in [3.63, 3.8) is 0 Å². The normalized spacial score (nSPS) is 23.3. The zero-order valence-corrected chi connectivity index (χ0v) is 30.2. The summed E-state index contributed by atoms with van der Waals surface area (Å²) in [6, 6.07) is 13.4. The topological polar surface area (TPSA) is 131 Å². The Labute approximate surface area is 293 Å². The van der Waals surface area contributed by atoms with Crippen molar-refractivity contribution in [1.82, 2.24) is 24.8 Å². The number of benzene rings is 2. The van der Waals surface area contributed by atoms with Crippen LogP contribution in [0.2, 0.25) is 0 Å². The Morgan fingerprint density at radius 2 is 1.72 bits per heavy atom. The van der Waals surface area contributed by atoms with Crippen molar-refractivity contribution < 1.29 is 17.9 Å². The number of hydrogen-bond acceptors (Lipinski definition) is 9. The number of sulfonamides is 1. The van der Waals surface area contributed by atoms with Gasteiger partial charge >= 0.3 is 0 Å². The molecule has 2 aliphatic heterocycles. The molecule has 2 aliphatic carbocycles. The summed E-state index contributed by atoms with van der Waals surface area (Å²) >= 11 is 0. The molecule has 2 saturated carbocycles. The first-order valence-corrected chi connectivity index (χ1v) is 18.9. The smallest absolute Gasteiger partial charge is 0.264 e. The highest BCUT2D eigenvalue weighted by molar-refractivity contribution is 7.92. The molecule has 2 aromatic carbocycles. The van der Waals surface area contributed by atoms with Crippen molar-refractivity contribution in [3.8, 4) is 17.1 Å². The summed E-state index contributed by atoms with van der Waals surface area (Å²) in [4.78, 5) is 38.0. The maximum Gasteiger partial charge on any atom is 0.264 e. The molecule has 260 valence electrons. The van der Waals surface area contributed by atoms with E-state index >= 15 is 0 Å². The zero-order chi connectivity index (χ0) is 35.1. The standard InChI is InChI=1S/C38H43N7O4S/c1-21(2)35-30-17-29(34-24(5)39-20-31(41-34)44(6)26-18-38(19-26)13-14-38)45(35)36(46)25-11-8-12-27(15-25)50(47,48)43-37-40-28(16-32(42-37)49-30)33-22(3)9-7-10-23(33)4/h7-12,15-16,20-21,26,29-30,35H,13-14,17-19H2,1-6H3,(H,40,42,43). The number of ether oxygens (including phenoxy) is 1. The van der Waals surface area contributed by atoms with Gasteiger partial charge in [-0.15, -0.1) is 0 Å². The number of anilines is 2. The van der Waals surface area contributed by atoms with E-state index in [4.69, 9.17) is 14.7 Å². The number of amides is 1. The summed E-state index contributed by atoms with van der Waals surface area (Å²) in [6.07, 6.45) is 6.78. The minimum absolute atomic E-state index is 0.0210. The fraction of sp³-hybridized carbons (Fsp3) is 0.447. The van der Waals surface area contributed by atoms with E-state index < -0.39 is 22.2 Å². The molecule has 11 nitrogen and oxygen atoms in total. The first-order valence-electron chi connectivity index (χ1n) is 17.5. The summed E-state index contributed by atoms with van der Waals surface area (Å²) in [5.74, 6) is 0.591. The monoisotopic (exact) mass is 693 g/mol. The molecule has 4 aliphatic rings. The molecule has 1 saturated heterocycles. The second kappa shape index (κ2) is 11.8. The van der Waals surface area contributed by atoms with Gasteiger partial charge in [-0.1, -0.05) is 38.1 Å². The molecule has 2 aromatic heterocycles. The molecule has 6 bridgehead atoms. The summed E-state index contributed by atoms with van der Waals surface area (Å²) in [6.45, 7) is 10.1. The van der Waals surface area contributed by atoms with Crippen LogP contribution >= 0.6 is 0 Å². The average Bonchev–Trinajstić information content (AvgIpc) is 3.78. The molecule has 50 heavy (non-hydrogen) atoms. The summed E-state index contributed by atoms with van der Waals surface area (Å²) in [5, 5.41) is 0. The van der Waals surface area contributed by atoms with E-state index in [1.165, 1.54) is 37.8 Å². The van der Waals surface area contributed by atoms with E-state index in [2.05, 4.69) is 40.5 Å². The van der Waals surface area contributed by atoms with E-state index in [0.717, 1.165) is 33.9 Å². The number of fused-ring (bicyclic) bond motifs is 6. The molecule has 0 radical (unpaired) electrons. The number of carbonyl (C=O) groups is 1. The van der Waals surface area contributed by atoms with E-state index in [1.807, 2.05) is 50.1 Å². The number of aromatic nitrogens is 4. The van der Waals surface area contributed by atoms with Gasteiger partial charge in [0.1, 0.15) is 11.9 Å². The Morgan fingerprint density at radius 3 is 2.42 bits per heavy atom. The van der Waals surface area contributed by atoms with Crippen molar-refractivity contribution in [1.29, 1.82) is 0 Å². The van der Waals surface area contributed by atoms with Gasteiger partial charge in [0.2, 0.25) is 11.8 Å². The quantitative estimate of drug-likeness (QED) is 0.252. The minimum atomic E-state index is -4.17. The number of hydrogen-bond donors (Lipinski definition) is 1. The van der Waals surface area contributed by atoms with Gasteiger partial charge < -0.3 is 14.5 Å². The molecule has 3 unspecified atom stereocenters. The Hall–Kier alpha value is -4.58. The van der Waals surface area contributed by atoms with Gasteiger partial charge in [0.25, 0.3) is 15.9 Å². The van der Waals surface area contributed by atoms with Crippen LogP contribution in [-0.4, -0.2) is 64.4 Å². The van der Waals surface area contributed by atoms with Crippen molar-refractivity contribution in [2.45, 2.75) is 95.8 Å². The third-order valence-electron chi connectivity index (χ3n) is 11.2. The largest absolute Gasteiger partial charge is 0.472 e. The van der Waals surface area contributed by atoms with E-state index in [0.29, 0.717) is 23.6 Å². The third-order valence-corrected chi connectivity index (χ3v) is 12.6. The third kappa shape index (κ3) is 5.57. The number of rotatable bonds is 5. The Balaban J connectivity index is 1.27. The second-order valence-corrected chi connectivity index (χ2v) is 16.7. The van der Waals surface area contributed by atoms with Crippen LogP contribution < -0.4 is 14.4 Å². The minimum Gasteiger partial charge on any atom is -0.472 e. The molecule has 4 heterocycles. The Morgan fingerprint density at radius 1 is 1.00 bits per heavy atom. The van der Waals surface area contributed by atoms with Gasteiger partial charge in [0.15, 0.2) is 0 Å². The highest BCUT2D eigenvalue weighted by Gasteiger charge is 2.54. The Bertz CT molecular complexity index is 2110. The van der Waals surface area contributed by atoms with Crippen molar-refractivity contribution in [3.05, 3.63) is 82.8 Å². The van der Waals surface area contributed by atoms with Crippen LogP contribution in [0.25, 0.3) is 11.3 Å². The van der Waals surface area contributed by atoms with Crippen LogP contribution in [0.3, 0.4) is 0 Å². The maximum absolute atomic E-state index is 14.7. The fourth-order valence-electron chi connectivity index (χ4n) is 8.33. The highest BCUT2D eigenvalue weighted by Crippen LogP contribution is 2.62. The van der Waals surface area contributed by atoms with Gasteiger partial charge in [-0.3, -0.25) is 9.78 Å². The van der Waals surface area contributed by atoms with Gasteiger partial charge in [0.05, 0.1) is 40.3 Å². The van der Waals surface area contributed by atoms with Crippen LogP contribution in [0, 0.1) is 32.1 Å². The summed E-state index contributed by atoms with van der Waals surface area (Å²) in [7, 11) is -2.08. The molecule has 1 N–H and O–H groups in total. The summed E-state index contributed by atoms with van der Waals surface area (Å²) < 4.78 is 36.9. The lowest BCUT2D eigenvalue weighted by Crippen LogP contribution is -2.46. The van der Waals surface area contributed by atoms with Gasteiger partial charge in [-0.25, -0.2) is 23.1 Å². The second-order valence-electron chi connectivity index (χ2n) is 15.0. The summed E-state index contributed by atoms with van der Waals surface area (Å²) in [5.41, 5.74) is 5.65. The molecule has 3 fully saturated rings. The molecule has 1 spiro atoms. The molecule has 3 atom stereocenters. The molecular weight excluding hydrogens is 651 g/mol. The number of nitrogens with one attached hydrogen (secondary N) is 1. The SMILES string of the molecule is Cc1cccc(C)c1-c1cc2nc(n1)NS(=O)(=O)c1cccc(c1)C(=O)N1C(c3nc(N(C)C4CC5(CC5)C4)cnc3C)CC(O2)C1C(C)C. The zero-order valence-electron chi connectivity index (χ0n) is 29.3. The van der Waals surface area contributed by atoms with Crippen molar-refractivity contribution >= 4 is 27.7 Å². The first-order chi connectivity index (χ1) is 23.8. The van der Waals surface area contributed by atoms with Crippen LogP contribution in [-0.2, 0) is 10.0 Å². The first kappa shape index (κ1) is 32.6. The number of aryl methyl sites for hydroxylation is 3. The number of nitrogens with zero attached hydrogens (tertiary/aromatic N) is 6. The van der Waals surface area contributed by atoms with Crippen LogP contribution in [0.5, 0.6) is 5.88 Å². The maximum atomic E-state index is 14.7. The lowest BCUT2D eigenvalue weighted by Gasteiger charge is -2.42. The molecule has 12 heteroatoms. The molecule has 1 amide bonds. The predicted octanol–water partition coefficient (Wildman–Crippen LogP) is 6.41. The highest BCUT2D eigenvalue weighted by atomic mass is 32.2. The Kier molecular flexibility index (Phi) is 7.66. The van der Waals surface area contributed by atoms with E-state index in [9.17, 15) is 13.2 Å². The van der Waals surface area contributed by atoms with E-state index in [1.54, 1.807) is 18.2 Å². The predicted molar refractivity (Wildman–Crippen MR) is 191 cm³/mol. The van der Waals surface area contributed by atoms with Gasteiger partial charge in [0, 0.05) is 36.7 Å². The van der Waals surface area contributed by atoms with Gasteiger partial charge in [-0.2, -0.15) is 4.98 Å². The van der Waals surface area contributed by atoms with Crippen LogP contribution in [0.4, 0.5) is 11.8 Å².